The molecule has 2 aromatic rings. The molecule has 2 unspecified atom stereocenters. The van der Waals surface area contributed by atoms with E-state index in [0.29, 0.717) is 18.0 Å². The van der Waals surface area contributed by atoms with Crippen LogP contribution in [0, 0.1) is 5.92 Å². The maximum absolute atomic E-state index is 6.13. The van der Waals surface area contributed by atoms with Crippen LogP contribution in [-0.4, -0.2) is 40.1 Å². The van der Waals surface area contributed by atoms with Gasteiger partial charge in [0.1, 0.15) is 6.10 Å². The lowest BCUT2D eigenvalue weighted by atomic mass is 9.81. The number of rotatable bonds is 3. The van der Waals surface area contributed by atoms with Crippen LogP contribution in [0.5, 0.6) is 6.01 Å². The van der Waals surface area contributed by atoms with Crippen molar-refractivity contribution in [2.75, 3.05) is 13.1 Å². The standard InChI is InChI=1S/C18H21N3O/c1-13-17(15-7-9-21(13)10-8-15)22-18-19-11-16(12-20-18)14-5-3-2-4-6-14/h2-6,11-13,15,17H,7-10H2,1H3. The number of aromatic nitrogens is 2. The zero-order valence-electron chi connectivity index (χ0n) is 12.9. The van der Waals surface area contributed by atoms with E-state index in [2.05, 4.69) is 33.9 Å². The lowest BCUT2D eigenvalue weighted by molar-refractivity contribution is -0.0544. The molecular weight excluding hydrogens is 274 g/mol. The Hall–Kier alpha value is -1.94. The van der Waals surface area contributed by atoms with Gasteiger partial charge in [-0.1, -0.05) is 30.3 Å². The minimum Gasteiger partial charge on any atom is -0.458 e. The SMILES string of the molecule is CC1C(Oc2ncc(-c3ccccc3)cn2)C2CCN1CC2. The Morgan fingerprint density at radius 1 is 1.00 bits per heavy atom. The molecule has 0 N–H and O–H groups in total. The molecule has 1 aromatic carbocycles. The summed E-state index contributed by atoms with van der Waals surface area (Å²) in [6, 6.07) is 11.2. The number of piperidine rings is 3. The number of benzene rings is 1. The number of ether oxygens (including phenoxy) is 1. The first-order chi connectivity index (χ1) is 10.8. The normalized spacial score (nSPS) is 30.2. The highest BCUT2D eigenvalue weighted by atomic mass is 16.5. The fourth-order valence-electron chi connectivity index (χ4n) is 3.73. The highest BCUT2D eigenvalue weighted by Gasteiger charge is 2.41. The molecule has 4 nitrogen and oxygen atoms in total. The molecule has 0 radical (unpaired) electrons. The van der Waals surface area contributed by atoms with E-state index in [-0.39, 0.29) is 6.10 Å². The van der Waals surface area contributed by atoms with Gasteiger partial charge in [0.2, 0.25) is 0 Å². The van der Waals surface area contributed by atoms with Crippen molar-refractivity contribution in [3.63, 3.8) is 0 Å². The second-order valence-corrected chi connectivity index (χ2v) is 6.32. The summed E-state index contributed by atoms with van der Waals surface area (Å²) in [6.45, 7) is 4.67. The van der Waals surface area contributed by atoms with Gasteiger partial charge in [0.15, 0.2) is 0 Å². The molecule has 0 saturated carbocycles. The second kappa shape index (κ2) is 5.69. The van der Waals surface area contributed by atoms with Crippen molar-refractivity contribution in [2.24, 2.45) is 5.92 Å². The summed E-state index contributed by atoms with van der Waals surface area (Å²) in [5.74, 6) is 0.650. The molecule has 5 rings (SSSR count). The van der Waals surface area contributed by atoms with Crippen molar-refractivity contribution >= 4 is 0 Å². The minimum atomic E-state index is 0.227. The molecule has 0 aliphatic carbocycles. The highest BCUT2D eigenvalue weighted by molar-refractivity contribution is 5.61. The molecule has 4 heteroatoms. The van der Waals surface area contributed by atoms with E-state index in [0.717, 1.165) is 11.1 Å². The van der Waals surface area contributed by atoms with Crippen LogP contribution in [-0.2, 0) is 0 Å². The fourth-order valence-corrected chi connectivity index (χ4v) is 3.73. The largest absolute Gasteiger partial charge is 0.458 e. The summed E-state index contributed by atoms with van der Waals surface area (Å²) in [5, 5.41) is 0. The minimum absolute atomic E-state index is 0.227. The van der Waals surface area contributed by atoms with E-state index >= 15 is 0 Å². The maximum atomic E-state index is 6.13. The van der Waals surface area contributed by atoms with E-state index in [1.54, 1.807) is 0 Å². The van der Waals surface area contributed by atoms with Gasteiger partial charge in [-0.25, -0.2) is 9.97 Å². The van der Waals surface area contributed by atoms with Crippen LogP contribution in [0.4, 0.5) is 0 Å². The van der Waals surface area contributed by atoms with Crippen LogP contribution in [0.15, 0.2) is 42.7 Å². The highest BCUT2D eigenvalue weighted by Crippen LogP contribution is 2.34. The van der Waals surface area contributed by atoms with E-state index in [9.17, 15) is 0 Å². The monoisotopic (exact) mass is 295 g/mol. The maximum Gasteiger partial charge on any atom is 0.316 e. The number of hydrogen-bond acceptors (Lipinski definition) is 4. The number of nitrogens with zero attached hydrogens (tertiary/aromatic N) is 3. The lowest BCUT2D eigenvalue weighted by Gasteiger charge is -2.48. The number of fused-ring (bicyclic) bond motifs is 3. The summed E-state index contributed by atoms with van der Waals surface area (Å²) < 4.78 is 6.13. The van der Waals surface area contributed by atoms with Crippen LogP contribution >= 0.6 is 0 Å². The van der Waals surface area contributed by atoms with Gasteiger partial charge < -0.3 is 4.74 Å². The Bertz CT molecular complexity index is 619. The van der Waals surface area contributed by atoms with Gasteiger partial charge >= 0.3 is 6.01 Å². The molecule has 0 amide bonds. The van der Waals surface area contributed by atoms with Gasteiger partial charge in [-0.2, -0.15) is 0 Å². The molecule has 3 fully saturated rings. The number of hydrogen-bond donors (Lipinski definition) is 0. The Kier molecular flexibility index (Phi) is 3.54. The van der Waals surface area contributed by atoms with Crippen molar-refractivity contribution in [1.29, 1.82) is 0 Å². The fraction of sp³-hybridized carbons (Fsp3) is 0.444. The van der Waals surface area contributed by atoms with Crippen molar-refractivity contribution in [2.45, 2.75) is 31.9 Å². The van der Waals surface area contributed by atoms with Gasteiger partial charge in [-0.05, 0) is 44.3 Å². The molecule has 3 aliphatic heterocycles. The first-order valence-electron chi connectivity index (χ1n) is 8.09. The molecule has 2 bridgehead atoms. The molecule has 3 aliphatic rings. The molecule has 3 saturated heterocycles. The summed E-state index contributed by atoms with van der Waals surface area (Å²) in [4.78, 5) is 11.3. The van der Waals surface area contributed by atoms with Gasteiger partial charge in [0, 0.05) is 24.0 Å². The summed E-state index contributed by atoms with van der Waals surface area (Å²) in [6.07, 6.45) is 6.40. The van der Waals surface area contributed by atoms with E-state index in [1.165, 1.54) is 25.9 Å². The zero-order chi connectivity index (χ0) is 14.9. The average Bonchev–Trinajstić information content (AvgIpc) is 2.60. The summed E-state index contributed by atoms with van der Waals surface area (Å²) in [7, 11) is 0. The van der Waals surface area contributed by atoms with Crippen LogP contribution in [0.25, 0.3) is 11.1 Å². The van der Waals surface area contributed by atoms with Crippen molar-refractivity contribution in [3.8, 4) is 17.1 Å². The van der Waals surface area contributed by atoms with E-state index < -0.39 is 0 Å². The predicted molar refractivity (Wildman–Crippen MR) is 85.6 cm³/mol. The topological polar surface area (TPSA) is 38.3 Å². The lowest BCUT2D eigenvalue weighted by Crippen LogP contribution is -2.58. The molecule has 2 atom stereocenters. The summed E-state index contributed by atoms with van der Waals surface area (Å²) >= 11 is 0. The Morgan fingerprint density at radius 2 is 1.68 bits per heavy atom. The van der Waals surface area contributed by atoms with E-state index in [1.807, 2.05) is 30.6 Å². The predicted octanol–water partition coefficient (Wildman–Crippen LogP) is 3.01. The van der Waals surface area contributed by atoms with Crippen LogP contribution < -0.4 is 4.74 Å². The Balaban J connectivity index is 1.50. The molecular formula is C18H21N3O. The van der Waals surface area contributed by atoms with Crippen molar-refractivity contribution in [1.82, 2.24) is 14.9 Å². The Morgan fingerprint density at radius 3 is 2.32 bits per heavy atom. The molecule has 1 aromatic heterocycles. The van der Waals surface area contributed by atoms with Crippen molar-refractivity contribution in [3.05, 3.63) is 42.7 Å². The smallest absolute Gasteiger partial charge is 0.316 e. The average molecular weight is 295 g/mol. The van der Waals surface area contributed by atoms with Gasteiger partial charge in [0.05, 0.1) is 0 Å². The van der Waals surface area contributed by atoms with Gasteiger partial charge in [-0.15, -0.1) is 0 Å². The third kappa shape index (κ3) is 2.48. The van der Waals surface area contributed by atoms with Gasteiger partial charge in [0.25, 0.3) is 0 Å². The second-order valence-electron chi connectivity index (χ2n) is 6.32. The van der Waals surface area contributed by atoms with Crippen LogP contribution in [0.2, 0.25) is 0 Å². The van der Waals surface area contributed by atoms with Crippen LogP contribution in [0.3, 0.4) is 0 Å². The quantitative estimate of drug-likeness (QED) is 0.872. The van der Waals surface area contributed by atoms with Crippen LogP contribution in [0.1, 0.15) is 19.8 Å². The van der Waals surface area contributed by atoms with Gasteiger partial charge in [-0.3, -0.25) is 4.90 Å². The zero-order valence-corrected chi connectivity index (χ0v) is 12.9. The first kappa shape index (κ1) is 13.7. The Labute approximate surface area is 131 Å². The third-order valence-corrected chi connectivity index (χ3v) is 5.07. The summed E-state index contributed by atoms with van der Waals surface area (Å²) in [5.41, 5.74) is 2.15. The molecule has 0 spiro atoms. The third-order valence-electron chi connectivity index (χ3n) is 5.07. The van der Waals surface area contributed by atoms with E-state index in [4.69, 9.17) is 4.74 Å². The molecule has 4 heterocycles. The molecule has 22 heavy (non-hydrogen) atoms. The molecule has 114 valence electrons. The van der Waals surface area contributed by atoms with Crippen molar-refractivity contribution < 1.29 is 4.74 Å². The first-order valence-corrected chi connectivity index (χ1v) is 8.09.